The van der Waals surface area contributed by atoms with Gasteiger partial charge in [-0.1, -0.05) is 41.6 Å². The standard InChI is InChI=1S/C23H21N5OS3/c1-4-28-20(15-8-5-7-13(2)11-15)26-27-23(28)32-14(3)19-24-21(29)18-16(12-31-22(18)25-19)17-9-6-10-30-17/h5-12,14H,4H2,1-3H3,(H,24,25,29). The summed E-state index contributed by atoms with van der Waals surface area (Å²) in [7, 11) is 0. The molecule has 0 fully saturated rings. The van der Waals surface area contributed by atoms with Gasteiger partial charge < -0.3 is 9.55 Å². The number of nitrogens with one attached hydrogen (secondary N) is 1. The van der Waals surface area contributed by atoms with Gasteiger partial charge in [-0.15, -0.1) is 32.9 Å². The summed E-state index contributed by atoms with van der Waals surface area (Å²) in [5.41, 5.74) is 3.09. The molecule has 4 heterocycles. The zero-order valence-electron chi connectivity index (χ0n) is 17.8. The highest BCUT2D eigenvalue weighted by Crippen LogP contribution is 2.37. The number of benzene rings is 1. The van der Waals surface area contributed by atoms with Gasteiger partial charge in [0.25, 0.3) is 5.56 Å². The molecule has 0 amide bonds. The fraction of sp³-hybridized carbons (Fsp3) is 0.217. The SMILES string of the molecule is CCn1c(SC(C)c2nc3scc(-c4cccs4)c3c(=O)[nH]2)nnc1-c1cccc(C)c1. The predicted molar refractivity (Wildman–Crippen MR) is 134 cm³/mol. The molecule has 4 aromatic heterocycles. The highest BCUT2D eigenvalue weighted by Gasteiger charge is 2.20. The maximum absolute atomic E-state index is 13.0. The smallest absolute Gasteiger partial charge is 0.260 e. The summed E-state index contributed by atoms with van der Waals surface area (Å²) in [5, 5.41) is 14.3. The van der Waals surface area contributed by atoms with Gasteiger partial charge in [-0.3, -0.25) is 4.79 Å². The van der Waals surface area contributed by atoms with E-state index >= 15 is 0 Å². The third-order valence-corrected chi connectivity index (χ3v) is 8.09. The van der Waals surface area contributed by atoms with Crippen molar-refractivity contribution < 1.29 is 0 Å². The quantitative estimate of drug-likeness (QED) is 0.295. The van der Waals surface area contributed by atoms with E-state index < -0.39 is 0 Å². The van der Waals surface area contributed by atoms with Crippen LogP contribution in [0.5, 0.6) is 0 Å². The lowest BCUT2D eigenvalue weighted by Gasteiger charge is -2.12. The van der Waals surface area contributed by atoms with Gasteiger partial charge in [0.2, 0.25) is 0 Å². The number of thiophene rings is 2. The molecule has 5 rings (SSSR count). The third kappa shape index (κ3) is 3.80. The van der Waals surface area contributed by atoms with Gasteiger partial charge in [0, 0.05) is 27.9 Å². The van der Waals surface area contributed by atoms with Crippen LogP contribution in [0.1, 0.15) is 30.5 Å². The minimum absolute atomic E-state index is 0.0840. The number of hydrogen-bond donors (Lipinski definition) is 1. The molecule has 0 radical (unpaired) electrons. The van der Waals surface area contributed by atoms with Crippen molar-refractivity contribution in [3.05, 3.63) is 68.9 Å². The van der Waals surface area contributed by atoms with Gasteiger partial charge in [-0.25, -0.2) is 4.98 Å². The van der Waals surface area contributed by atoms with Crippen LogP contribution in [0.3, 0.4) is 0 Å². The van der Waals surface area contributed by atoms with E-state index in [0.717, 1.165) is 38.4 Å². The Hall–Kier alpha value is -2.75. The van der Waals surface area contributed by atoms with Gasteiger partial charge in [-0.05, 0) is 38.3 Å². The van der Waals surface area contributed by atoms with Crippen LogP contribution in [0.4, 0.5) is 0 Å². The van der Waals surface area contributed by atoms with Crippen molar-refractivity contribution >= 4 is 44.7 Å². The molecule has 1 N–H and O–H groups in total. The van der Waals surface area contributed by atoms with Gasteiger partial charge in [0.15, 0.2) is 11.0 Å². The van der Waals surface area contributed by atoms with Crippen molar-refractivity contribution in [2.75, 3.05) is 0 Å². The zero-order valence-corrected chi connectivity index (χ0v) is 20.3. The van der Waals surface area contributed by atoms with Gasteiger partial charge >= 0.3 is 0 Å². The number of nitrogens with zero attached hydrogens (tertiary/aromatic N) is 4. The first-order chi connectivity index (χ1) is 15.5. The lowest BCUT2D eigenvalue weighted by atomic mass is 10.1. The van der Waals surface area contributed by atoms with E-state index in [2.05, 4.69) is 51.8 Å². The number of aromatic nitrogens is 5. The normalized spacial score (nSPS) is 12.5. The number of hydrogen-bond acceptors (Lipinski definition) is 7. The first-order valence-corrected chi connectivity index (χ1v) is 12.9. The van der Waals surface area contributed by atoms with E-state index in [0.29, 0.717) is 11.2 Å². The van der Waals surface area contributed by atoms with E-state index in [-0.39, 0.29) is 10.8 Å². The fourth-order valence-corrected chi connectivity index (χ4v) is 6.38. The Kier molecular flexibility index (Phi) is 5.71. The molecule has 0 aliphatic carbocycles. The predicted octanol–water partition coefficient (Wildman–Crippen LogP) is 6.15. The lowest BCUT2D eigenvalue weighted by molar-refractivity contribution is 0.685. The molecule has 0 saturated carbocycles. The monoisotopic (exact) mass is 479 g/mol. The van der Waals surface area contributed by atoms with E-state index in [9.17, 15) is 4.79 Å². The molecule has 0 bridgehead atoms. The van der Waals surface area contributed by atoms with Crippen LogP contribution in [0.2, 0.25) is 0 Å². The summed E-state index contributed by atoms with van der Waals surface area (Å²) >= 11 is 4.69. The number of aryl methyl sites for hydroxylation is 1. The zero-order chi connectivity index (χ0) is 22.2. The number of thioether (sulfide) groups is 1. The van der Waals surface area contributed by atoms with E-state index in [4.69, 9.17) is 4.98 Å². The molecule has 9 heteroatoms. The maximum atomic E-state index is 13.0. The summed E-state index contributed by atoms with van der Waals surface area (Å²) < 4.78 is 2.10. The molecule has 1 atom stereocenters. The van der Waals surface area contributed by atoms with Crippen LogP contribution in [0.25, 0.3) is 32.0 Å². The van der Waals surface area contributed by atoms with Gasteiger partial charge in [-0.2, -0.15) is 0 Å². The number of rotatable bonds is 6. The Bertz CT molecular complexity index is 1450. The Morgan fingerprint density at radius 2 is 2.06 bits per heavy atom. The Morgan fingerprint density at radius 1 is 1.19 bits per heavy atom. The van der Waals surface area contributed by atoms with Crippen LogP contribution in [-0.2, 0) is 6.54 Å². The maximum Gasteiger partial charge on any atom is 0.260 e. The summed E-state index contributed by atoms with van der Waals surface area (Å²) in [6, 6.07) is 12.3. The molecule has 162 valence electrons. The van der Waals surface area contributed by atoms with Crippen molar-refractivity contribution in [2.45, 2.75) is 37.7 Å². The molecule has 0 spiro atoms. The average molecular weight is 480 g/mol. The highest BCUT2D eigenvalue weighted by atomic mass is 32.2. The highest BCUT2D eigenvalue weighted by molar-refractivity contribution is 7.99. The summed E-state index contributed by atoms with van der Waals surface area (Å²) in [4.78, 5) is 22.6. The van der Waals surface area contributed by atoms with Crippen molar-refractivity contribution in [2.24, 2.45) is 0 Å². The number of fused-ring (bicyclic) bond motifs is 1. The molecule has 1 unspecified atom stereocenters. The average Bonchev–Trinajstić information content (AvgIpc) is 3.52. The Balaban J connectivity index is 1.47. The van der Waals surface area contributed by atoms with Crippen LogP contribution < -0.4 is 5.56 Å². The second kappa shape index (κ2) is 8.65. The first kappa shape index (κ1) is 21.1. The molecular formula is C23H21N5OS3. The lowest BCUT2D eigenvalue weighted by Crippen LogP contribution is -2.12. The van der Waals surface area contributed by atoms with Gasteiger partial charge in [0.1, 0.15) is 10.7 Å². The Morgan fingerprint density at radius 3 is 2.81 bits per heavy atom. The second-order valence-electron chi connectivity index (χ2n) is 7.44. The van der Waals surface area contributed by atoms with Crippen molar-refractivity contribution in [1.29, 1.82) is 0 Å². The second-order valence-corrected chi connectivity index (χ2v) is 10.6. The molecular weight excluding hydrogens is 458 g/mol. The first-order valence-electron chi connectivity index (χ1n) is 10.3. The summed E-state index contributed by atoms with van der Waals surface area (Å²) in [6.45, 7) is 6.94. The fourth-order valence-electron chi connectivity index (χ4n) is 3.64. The molecule has 0 aliphatic heterocycles. The van der Waals surface area contributed by atoms with E-state index in [1.54, 1.807) is 23.1 Å². The van der Waals surface area contributed by atoms with Crippen LogP contribution in [-0.4, -0.2) is 24.7 Å². The van der Waals surface area contributed by atoms with Gasteiger partial charge in [0.05, 0.1) is 10.6 Å². The molecule has 1 aromatic carbocycles. The van der Waals surface area contributed by atoms with Crippen molar-refractivity contribution in [1.82, 2.24) is 24.7 Å². The summed E-state index contributed by atoms with van der Waals surface area (Å²) in [5.74, 6) is 1.50. The summed E-state index contributed by atoms with van der Waals surface area (Å²) in [6.07, 6.45) is 0. The number of aromatic amines is 1. The molecule has 0 aliphatic rings. The van der Waals surface area contributed by atoms with Crippen LogP contribution >= 0.6 is 34.4 Å². The number of H-pyrrole nitrogens is 1. The largest absolute Gasteiger partial charge is 0.309 e. The third-order valence-electron chi connectivity index (χ3n) is 5.23. The van der Waals surface area contributed by atoms with Crippen molar-refractivity contribution in [3.8, 4) is 21.8 Å². The molecule has 5 aromatic rings. The molecule has 6 nitrogen and oxygen atoms in total. The Labute approximate surface area is 197 Å². The minimum atomic E-state index is -0.0977. The van der Waals surface area contributed by atoms with E-state index in [1.165, 1.54) is 16.9 Å². The molecule has 32 heavy (non-hydrogen) atoms. The van der Waals surface area contributed by atoms with E-state index in [1.807, 2.05) is 35.9 Å². The van der Waals surface area contributed by atoms with Crippen LogP contribution in [0.15, 0.2) is 57.1 Å². The minimum Gasteiger partial charge on any atom is -0.309 e. The van der Waals surface area contributed by atoms with Crippen molar-refractivity contribution in [3.63, 3.8) is 0 Å². The van der Waals surface area contributed by atoms with Crippen LogP contribution in [0, 0.1) is 6.92 Å². The molecule has 0 saturated heterocycles. The topological polar surface area (TPSA) is 76.5 Å².